The Morgan fingerprint density at radius 2 is 1.91 bits per heavy atom. The fourth-order valence-corrected chi connectivity index (χ4v) is 2.95. The van der Waals surface area contributed by atoms with E-state index in [4.69, 9.17) is 16.3 Å². The number of benzene rings is 1. The molecule has 2 N–H and O–H groups in total. The van der Waals surface area contributed by atoms with Gasteiger partial charge in [0.05, 0.1) is 5.02 Å². The zero-order valence-electron chi connectivity index (χ0n) is 13.5. The van der Waals surface area contributed by atoms with Crippen LogP contribution in [-0.4, -0.2) is 11.7 Å². The highest BCUT2D eigenvalue weighted by molar-refractivity contribution is 7.10. The highest BCUT2D eigenvalue weighted by Crippen LogP contribution is 2.19. The summed E-state index contributed by atoms with van der Waals surface area (Å²) in [5, 5.41) is 8.79. The minimum absolute atomic E-state index is 0.446. The molecule has 0 bridgehead atoms. The normalized spacial score (nSPS) is 11.3. The quantitative estimate of drug-likeness (QED) is 0.792. The predicted octanol–water partition coefficient (Wildman–Crippen LogP) is 5.04. The molecule has 0 aliphatic rings. The first kappa shape index (κ1) is 17.8. The third kappa shape index (κ3) is 6.60. The number of rotatable bonds is 5. The van der Waals surface area contributed by atoms with Crippen LogP contribution in [0.3, 0.4) is 0 Å². The summed E-state index contributed by atoms with van der Waals surface area (Å²) < 4.78 is 5.22. The van der Waals surface area contributed by atoms with Crippen molar-refractivity contribution in [1.29, 1.82) is 0 Å². The molecule has 1 heterocycles. The van der Waals surface area contributed by atoms with Crippen molar-refractivity contribution in [2.24, 2.45) is 0 Å². The summed E-state index contributed by atoms with van der Waals surface area (Å²) in [5.41, 5.74) is 1.36. The van der Waals surface area contributed by atoms with Gasteiger partial charge in [-0.1, -0.05) is 23.7 Å². The van der Waals surface area contributed by atoms with Crippen molar-refractivity contribution in [3.8, 4) is 0 Å². The van der Waals surface area contributed by atoms with Crippen molar-refractivity contribution in [3.05, 3.63) is 51.2 Å². The van der Waals surface area contributed by atoms with Gasteiger partial charge in [-0.3, -0.25) is 5.32 Å². The number of ether oxygens (including phenoxy) is 1. The average molecular weight is 353 g/mol. The monoisotopic (exact) mass is 352 g/mol. The van der Waals surface area contributed by atoms with E-state index in [0.29, 0.717) is 5.69 Å². The number of amides is 1. The predicted molar refractivity (Wildman–Crippen MR) is 96.2 cm³/mol. The molecule has 0 aliphatic carbocycles. The minimum Gasteiger partial charge on any atom is -0.444 e. The topological polar surface area (TPSA) is 50.4 Å². The Labute approximate surface area is 145 Å². The van der Waals surface area contributed by atoms with Gasteiger partial charge < -0.3 is 10.1 Å². The summed E-state index contributed by atoms with van der Waals surface area (Å²) in [4.78, 5) is 12.9. The van der Waals surface area contributed by atoms with Gasteiger partial charge in [-0.05, 0) is 44.5 Å². The molecule has 0 saturated heterocycles. The van der Waals surface area contributed by atoms with Gasteiger partial charge in [0.1, 0.15) is 5.60 Å². The van der Waals surface area contributed by atoms with Crippen molar-refractivity contribution in [1.82, 2.24) is 5.32 Å². The van der Waals surface area contributed by atoms with E-state index in [0.717, 1.165) is 23.7 Å². The summed E-state index contributed by atoms with van der Waals surface area (Å²) in [5.74, 6) is 0. The molecule has 124 valence electrons. The van der Waals surface area contributed by atoms with Crippen LogP contribution in [0.2, 0.25) is 5.02 Å². The molecule has 1 aromatic heterocycles. The summed E-state index contributed by atoms with van der Waals surface area (Å²) in [6.07, 6.45) is -0.446. The molecule has 4 nitrogen and oxygen atoms in total. The Bertz CT molecular complexity index is 647. The second kappa shape index (κ2) is 7.81. The Morgan fingerprint density at radius 3 is 2.48 bits per heavy atom. The molecule has 0 saturated carbocycles. The van der Waals surface area contributed by atoms with Crippen molar-refractivity contribution in [3.63, 3.8) is 0 Å². The van der Waals surface area contributed by atoms with Gasteiger partial charge in [0.15, 0.2) is 0 Å². The lowest BCUT2D eigenvalue weighted by Crippen LogP contribution is -2.27. The van der Waals surface area contributed by atoms with E-state index in [1.807, 2.05) is 56.5 Å². The van der Waals surface area contributed by atoms with Crippen LogP contribution in [0, 0.1) is 0 Å². The zero-order valence-corrected chi connectivity index (χ0v) is 15.1. The van der Waals surface area contributed by atoms with Crippen LogP contribution in [0.25, 0.3) is 0 Å². The molecule has 6 heteroatoms. The highest BCUT2D eigenvalue weighted by atomic mass is 35.5. The maximum atomic E-state index is 11.7. The molecular formula is C17H21ClN2O2S. The van der Waals surface area contributed by atoms with E-state index in [1.54, 1.807) is 11.3 Å². The smallest absolute Gasteiger partial charge is 0.412 e. The first-order chi connectivity index (χ1) is 10.8. The number of hydrogen-bond donors (Lipinski definition) is 2. The standard InChI is InChI=1S/C17H21ClN2O2S/c1-17(2,3)22-16(21)20-14-6-4-12(5-7-14)9-19-10-15-8-13(18)11-23-15/h4-8,11,19H,9-10H2,1-3H3,(H,20,21). The van der Waals surface area contributed by atoms with Crippen LogP contribution in [0.4, 0.5) is 10.5 Å². The van der Waals surface area contributed by atoms with Crippen molar-refractivity contribution < 1.29 is 9.53 Å². The highest BCUT2D eigenvalue weighted by Gasteiger charge is 2.15. The van der Waals surface area contributed by atoms with Crippen LogP contribution < -0.4 is 10.6 Å². The lowest BCUT2D eigenvalue weighted by molar-refractivity contribution is 0.0636. The molecule has 23 heavy (non-hydrogen) atoms. The second-order valence-corrected chi connectivity index (χ2v) is 7.59. The van der Waals surface area contributed by atoms with Gasteiger partial charge in [0, 0.05) is 29.0 Å². The fourth-order valence-electron chi connectivity index (χ4n) is 1.90. The number of carbonyl (C=O) groups is 1. The molecule has 1 aromatic carbocycles. The number of thiophene rings is 1. The van der Waals surface area contributed by atoms with Crippen molar-refractivity contribution in [2.45, 2.75) is 39.5 Å². The summed E-state index contributed by atoms with van der Waals surface area (Å²) in [6, 6.07) is 9.64. The fraction of sp³-hybridized carbons (Fsp3) is 0.353. The van der Waals surface area contributed by atoms with Gasteiger partial charge >= 0.3 is 6.09 Å². The summed E-state index contributed by atoms with van der Waals surface area (Å²) in [7, 11) is 0. The SMILES string of the molecule is CC(C)(C)OC(=O)Nc1ccc(CNCc2cc(Cl)cs2)cc1. The number of nitrogens with one attached hydrogen (secondary N) is 2. The Kier molecular flexibility index (Phi) is 6.04. The third-order valence-electron chi connectivity index (χ3n) is 2.85. The lowest BCUT2D eigenvalue weighted by Gasteiger charge is -2.19. The maximum Gasteiger partial charge on any atom is 0.412 e. The molecular weight excluding hydrogens is 332 g/mol. The van der Waals surface area contributed by atoms with E-state index in [2.05, 4.69) is 10.6 Å². The maximum absolute atomic E-state index is 11.7. The zero-order chi connectivity index (χ0) is 16.9. The van der Waals surface area contributed by atoms with E-state index >= 15 is 0 Å². The van der Waals surface area contributed by atoms with E-state index < -0.39 is 11.7 Å². The summed E-state index contributed by atoms with van der Waals surface area (Å²) >= 11 is 7.54. The van der Waals surface area contributed by atoms with Crippen LogP contribution in [0.1, 0.15) is 31.2 Å². The van der Waals surface area contributed by atoms with E-state index in [-0.39, 0.29) is 0 Å². The Morgan fingerprint density at radius 1 is 1.22 bits per heavy atom. The lowest BCUT2D eigenvalue weighted by atomic mass is 10.2. The number of carbonyl (C=O) groups excluding carboxylic acids is 1. The number of hydrogen-bond acceptors (Lipinski definition) is 4. The van der Waals surface area contributed by atoms with Crippen LogP contribution in [0.5, 0.6) is 0 Å². The molecule has 2 rings (SSSR count). The molecule has 0 atom stereocenters. The average Bonchev–Trinajstić information content (AvgIpc) is 2.84. The van der Waals surface area contributed by atoms with Gasteiger partial charge in [0.2, 0.25) is 0 Å². The molecule has 2 aromatic rings. The molecule has 0 aliphatic heterocycles. The van der Waals surface area contributed by atoms with Crippen molar-refractivity contribution >= 4 is 34.7 Å². The van der Waals surface area contributed by atoms with Gasteiger partial charge in [0.25, 0.3) is 0 Å². The second-order valence-electron chi connectivity index (χ2n) is 6.16. The number of anilines is 1. The van der Waals surface area contributed by atoms with Gasteiger partial charge in [-0.25, -0.2) is 4.79 Å². The Hall–Kier alpha value is -1.56. The van der Waals surface area contributed by atoms with Gasteiger partial charge in [-0.2, -0.15) is 0 Å². The first-order valence-electron chi connectivity index (χ1n) is 7.34. The molecule has 0 radical (unpaired) electrons. The summed E-state index contributed by atoms with van der Waals surface area (Å²) in [6.45, 7) is 7.05. The largest absolute Gasteiger partial charge is 0.444 e. The molecule has 0 unspecified atom stereocenters. The Balaban J connectivity index is 1.79. The first-order valence-corrected chi connectivity index (χ1v) is 8.60. The van der Waals surface area contributed by atoms with Crippen LogP contribution in [-0.2, 0) is 17.8 Å². The van der Waals surface area contributed by atoms with E-state index in [9.17, 15) is 4.79 Å². The molecule has 0 spiro atoms. The van der Waals surface area contributed by atoms with Gasteiger partial charge in [-0.15, -0.1) is 11.3 Å². The third-order valence-corrected chi connectivity index (χ3v) is 4.13. The minimum atomic E-state index is -0.501. The molecule has 0 fully saturated rings. The molecule has 1 amide bonds. The number of halogens is 1. The van der Waals surface area contributed by atoms with Crippen molar-refractivity contribution in [2.75, 3.05) is 5.32 Å². The van der Waals surface area contributed by atoms with E-state index in [1.165, 1.54) is 4.88 Å². The van der Waals surface area contributed by atoms with Crippen LogP contribution in [0.15, 0.2) is 35.7 Å². The van der Waals surface area contributed by atoms with Crippen LogP contribution >= 0.6 is 22.9 Å².